The van der Waals surface area contributed by atoms with Gasteiger partial charge in [0.25, 0.3) is 5.91 Å². The molecule has 1 atom stereocenters. The summed E-state index contributed by atoms with van der Waals surface area (Å²) < 4.78 is 11.5. The zero-order valence-electron chi connectivity index (χ0n) is 11.7. The number of hydrogen-bond donors (Lipinski definition) is 1. The number of morpholine rings is 1. The number of carbonyl (C=O) groups excluding carboxylic acids is 1. The number of carbonyl (C=O) groups is 1. The quantitative estimate of drug-likeness (QED) is 0.901. The fourth-order valence-corrected chi connectivity index (χ4v) is 2.52. The maximum Gasteiger partial charge on any atom is 0.252 e. The summed E-state index contributed by atoms with van der Waals surface area (Å²) in [6.07, 6.45) is 0.0436. The molecular formula is C14H19BrN2O3. The summed E-state index contributed by atoms with van der Waals surface area (Å²) >= 11 is 3.38. The van der Waals surface area contributed by atoms with E-state index in [2.05, 4.69) is 33.2 Å². The van der Waals surface area contributed by atoms with Gasteiger partial charge in [0.15, 0.2) is 0 Å². The number of amides is 1. The minimum absolute atomic E-state index is 0.0436. The second kappa shape index (κ2) is 7.06. The molecule has 20 heavy (non-hydrogen) atoms. The van der Waals surface area contributed by atoms with Crippen LogP contribution in [-0.2, 0) is 4.74 Å². The van der Waals surface area contributed by atoms with Crippen LogP contribution in [-0.4, -0.2) is 57.3 Å². The maximum atomic E-state index is 12.2. The Balaban J connectivity index is 1.94. The summed E-state index contributed by atoms with van der Waals surface area (Å²) in [5.74, 6) is 0.527. The van der Waals surface area contributed by atoms with Gasteiger partial charge in [-0.05, 0) is 41.2 Å². The molecule has 6 heteroatoms. The molecule has 1 heterocycles. The van der Waals surface area contributed by atoms with E-state index in [1.54, 1.807) is 25.3 Å². The summed E-state index contributed by atoms with van der Waals surface area (Å²) in [5.41, 5.74) is 0.563. The van der Waals surface area contributed by atoms with E-state index in [1.807, 2.05) is 0 Å². The lowest BCUT2D eigenvalue weighted by atomic mass is 10.2. The molecule has 2 rings (SSSR count). The van der Waals surface area contributed by atoms with Crippen LogP contribution in [0.3, 0.4) is 0 Å². The highest BCUT2D eigenvalue weighted by molar-refractivity contribution is 9.10. The fourth-order valence-electron chi connectivity index (χ4n) is 2.10. The molecule has 110 valence electrons. The average Bonchev–Trinajstić information content (AvgIpc) is 2.45. The van der Waals surface area contributed by atoms with E-state index in [1.165, 1.54) is 0 Å². The Kier molecular flexibility index (Phi) is 5.39. The van der Waals surface area contributed by atoms with Gasteiger partial charge in [0.2, 0.25) is 0 Å². The van der Waals surface area contributed by atoms with E-state index in [-0.39, 0.29) is 12.0 Å². The minimum Gasteiger partial charge on any atom is -0.497 e. The highest BCUT2D eigenvalue weighted by atomic mass is 79.9. The third kappa shape index (κ3) is 3.94. The number of methoxy groups -OCH3 is 1. The average molecular weight is 343 g/mol. The van der Waals surface area contributed by atoms with Crippen molar-refractivity contribution in [2.45, 2.75) is 6.10 Å². The van der Waals surface area contributed by atoms with E-state index < -0.39 is 0 Å². The molecule has 1 aromatic rings. The second-order valence-corrected chi connectivity index (χ2v) is 5.67. The largest absolute Gasteiger partial charge is 0.497 e. The summed E-state index contributed by atoms with van der Waals surface area (Å²) in [5, 5.41) is 2.91. The number of rotatable bonds is 4. The van der Waals surface area contributed by atoms with Crippen molar-refractivity contribution in [1.82, 2.24) is 10.2 Å². The number of nitrogens with one attached hydrogen (secondary N) is 1. The van der Waals surface area contributed by atoms with Crippen molar-refractivity contribution in [3.8, 4) is 5.75 Å². The van der Waals surface area contributed by atoms with Crippen LogP contribution in [0, 0.1) is 0 Å². The van der Waals surface area contributed by atoms with E-state index in [4.69, 9.17) is 9.47 Å². The molecule has 0 aliphatic carbocycles. The van der Waals surface area contributed by atoms with Gasteiger partial charge in [-0.15, -0.1) is 0 Å². The highest BCUT2D eigenvalue weighted by Gasteiger charge is 2.19. The number of halogens is 1. The Hall–Kier alpha value is -1.11. The molecule has 1 aliphatic rings. The third-order valence-electron chi connectivity index (χ3n) is 3.25. The van der Waals surface area contributed by atoms with Gasteiger partial charge in [-0.2, -0.15) is 0 Å². The van der Waals surface area contributed by atoms with Gasteiger partial charge in [-0.1, -0.05) is 0 Å². The molecule has 1 fully saturated rings. The topological polar surface area (TPSA) is 50.8 Å². The van der Waals surface area contributed by atoms with Gasteiger partial charge < -0.3 is 19.7 Å². The van der Waals surface area contributed by atoms with Crippen LogP contribution in [0.5, 0.6) is 5.75 Å². The van der Waals surface area contributed by atoms with Crippen LogP contribution in [0.1, 0.15) is 10.4 Å². The van der Waals surface area contributed by atoms with Crippen molar-refractivity contribution >= 4 is 21.8 Å². The van der Waals surface area contributed by atoms with Gasteiger partial charge in [0.05, 0.1) is 25.4 Å². The number of benzene rings is 1. The van der Waals surface area contributed by atoms with Crippen LogP contribution in [0.25, 0.3) is 0 Å². The van der Waals surface area contributed by atoms with Gasteiger partial charge >= 0.3 is 0 Å². The molecular weight excluding hydrogens is 324 g/mol. The van der Waals surface area contributed by atoms with Crippen LogP contribution >= 0.6 is 15.9 Å². The zero-order valence-corrected chi connectivity index (χ0v) is 13.3. The van der Waals surface area contributed by atoms with Gasteiger partial charge in [-0.3, -0.25) is 4.79 Å². The Morgan fingerprint density at radius 1 is 1.60 bits per heavy atom. The molecule has 1 aliphatic heterocycles. The van der Waals surface area contributed by atoms with Crippen molar-refractivity contribution in [1.29, 1.82) is 0 Å². The van der Waals surface area contributed by atoms with Crippen molar-refractivity contribution in [3.05, 3.63) is 28.2 Å². The van der Waals surface area contributed by atoms with Crippen molar-refractivity contribution in [3.63, 3.8) is 0 Å². The predicted molar refractivity (Wildman–Crippen MR) is 80.3 cm³/mol. The Morgan fingerprint density at radius 3 is 3.10 bits per heavy atom. The molecule has 0 bridgehead atoms. The number of ether oxygens (including phenoxy) is 2. The molecule has 0 spiro atoms. The molecule has 0 aromatic heterocycles. The lowest BCUT2D eigenvalue weighted by molar-refractivity contribution is -0.0175. The normalized spacial score (nSPS) is 19.6. The summed E-state index contributed by atoms with van der Waals surface area (Å²) in [4.78, 5) is 14.4. The molecule has 1 N–H and O–H groups in total. The lowest BCUT2D eigenvalue weighted by Gasteiger charge is -2.30. The van der Waals surface area contributed by atoms with E-state index in [0.29, 0.717) is 24.5 Å². The Morgan fingerprint density at radius 2 is 2.40 bits per heavy atom. The van der Waals surface area contributed by atoms with E-state index in [0.717, 1.165) is 17.6 Å². The number of hydrogen-bond acceptors (Lipinski definition) is 4. The minimum atomic E-state index is -0.132. The second-order valence-electron chi connectivity index (χ2n) is 4.81. The Bertz CT molecular complexity index is 481. The van der Waals surface area contributed by atoms with Crippen molar-refractivity contribution in [2.24, 2.45) is 0 Å². The van der Waals surface area contributed by atoms with Crippen LogP contribution in [0.4, 0.5) is 0 Å². The van der Waals surface area contributed by atoms with Gasteiger partial charge in [-0.25, -0.2) is 0 Å². The first kappa shape index (κ1) is 15.3. The zero-order chi connectivity index (χ0) is 14.5. The summed E-state index contributed by atoms with van der Waals surface area (Å²) in [6, 6.07) is 5.33. The molecule has 5 nitrogen and oxygen atoms in total. The molecule has 1 unspecified atom stereocenters. The Labute approximate surface area is 127 Å². The number of likely N-dealkylation sites (N-methyl/N-ethyl adjacent to an activating group) is 1. The first-order valence-corrected chi connectivity index (χ1v) is 7.31. The monoisotopic (exact) mass is 342 g/mol. The first-order valence-electron chi connectivity index (χ1n) is 6.52. The molecule has 1 amide bonds. The van der Waals surface area contributed by atoms with E-state index >= 15 is 0 Å². The molecule has 1 saturated heterocycles. The van der Waals surface area contributed by atoms with E-state index in [9.17, 15) is 4.79 Å². The lowest BCUT2D eigenvalue weighted by Crippen LogP contribution is -2.45. The third-order valence-corrected chi connectivity index (χ3v) is 3.94. The SMILES string of the molecule is COc1ccc(Br)c(C(=O)NCC2CN(C)CCO2)c1. The molecule has 0 saturated carbocycles. The van der Waals surface area contributed by atoms with Crippen molar-refractivity contribution in [2.75, 3.05) is 40.4 Å². The fraction of sp³-hybridized carbons (Fsp3) is 0.500. The van der Waals surface area contributed by atoms with Crippen LogP contribution < -0.4 is 10.1 Å². The van der Waals surface area contributed by atoms with Gasteiger partial charge in [0, 0.05) is 24.1 Å². The number of nitrogens with zero attached hydrogens (tertiary/aromatic N) is 1. The van der Waals surface area contributed by atoms with Gasteiger partial charge in [0.1, 0.15) is 5.75 Å². The summed E-state index contributed by atoms with van der Waals surface area (Å²) in [7, 11) is 3.63. The smallest absolute Gasteiger partial charge is 0.252 e. The first-order chi connectivity index (χ1) is 9.60. The standard InChI is InChI=1S/C14H19BrN2O3/c1-17-5-6-20-11(9-17)8-16-14(18)12-7-10(19-2)3-4-13(12)15/h3-4,7,11H,5-6,8-9H2,1-2H3,(H,16,18). The summed E-state index contributed by atoms with van der Waals surface area (Å²) in [6.45, 7) is 2.98. The maximum absolute atomic E-state index is 12.2. The van der Waals surface area contributed by atoms with Crippen molar-refractivity contribution < 1.29 is 14.3 Å². The van der Waals surface area contributed by atoms with Crippen LogP contribution in [0.2, 0.25) is 0 Å². The molecule has 0 radical (unpaired) electrons. The molecule has 1 aromatic carbocycles. The predicted octanol–water partition coefficient (Wildman–Crippen LogP) is 1.52. The highest BCUT2D eigenvalue weighted by Crippen LogP contribution is 2.22. The van der Waals surface area contributed by atoms with Crippen LogP contribution in [0.15, 0.2) is 22.7 Å².